The lowest BCUT2D eigenvalue weighted by Crippen LogP contribution is -2.21. The third-order valence-corrected chi connectivity index (χ3v) is 3.54. The zero-order valence-corrected chi connectivity index (χ0v) is 10.5. The molecule has 0 spiro atoms. The van der Waals surface area contributed by atoms with E-state index in [-0.39, 0.29) is 16.7 Å². The fraction of sp³-hybridized carbons (Fsp3) is 0.462. The second kappa shape index (κ2) is 4.49. The van der Waals surface area contributed by atoms with Crippen molar-refractivity contribution >= 4 is 5.97 Å². The molecular weight excluding hydrogens is 234 g/mol. The summed E-state index contributed by atoms with van der Waals surface area (Å²) in [5.74, 6) is -0.150. The number of phenols is 1. The van der Waals surface area contributed by atoms with Gasteiger partial charge in [-0.25, -0.2) is 4.79 Å². The van der Waals surface area contributed by atoms with Crippen molar-refractivity contribution in [2.45, 2.75) is 18.3 Å². The summed E-state index contributed by atoms with van der Waals surface area (Å²) >= 11 is 0. The number of phenolic OH excluding ortho intramolecular Hbond substituents is 1. The van der Waals surface area contributed by atoms with Crippen molar-refractivity contribution in [1.82, 2.24) is 0 Å². The van der Waals surface area contributed by atoms with Crippen LogP contribution in [0.5, 0.6) is 11.5 Å². The molecule has 0 bridgehead atoms. The topological polar surface area (TPSA) is 81.8 Å². The Balaban J connectivity index is 2.53. The number of carbonyl (C=O) groups excluding carboxylic acids is 1. The number of hydrogen-bond acceptors (Lipinski definition) is 5. The molecule has 98 valence electrons. The molecule has 3 N–H and O–H groups in total. The van der Waals surface area contributed by atoms with E-state index >= 15 is 0 Å². The molecule has 5 nitrogen and oxygen atoms in total. The lowest BCUT2D eigenvalue weighted by molar-refractivity contribution is 0.0597. The number of nitrogens with two attached hydrogens (primary N) is 1. The van der Waals surface area contributed by atoms with Crippen LogP contribution in [0.1, 0.15) is 28.8 Å². The fourth-order valence-corrected chi connectivity index (χ4v) is 2.16. The highest BCUT2D eigenvalue weighted by atomic mass is 16.5. The molecule has 1 aliphatic rings. The van der Waals surface area contributed by atoms with Gasteiger partial charge in [0, 0.05) is 23.6 Å². The highest BCUT2D eigenvalue weighted by Crippen LogP contribution is 2.51. The molecule has 2 rings (SSSR count). The van der Waals surface area contributed by atoms with Gasteiger partial charge in [-0.1, -0.05) is 0 Å². The number of carbonyl (C=O) groups is 1. The molecule has 0 amide bonds. The van der Waals surface area contributed by atoms with Crippen molar-refractivity contribution < 1.29 is 19.4 Å². The molecule has 0 unspecified atom stereocenters. The van der Waals surface area contributed by atoms with Gasteiger partial charge in [0.25, 0.3) is 0 Å². The van der Waals surface area contributed by atoms with Crippen molar-refractivity contribution in [3.8, 4) is 11.5 Å². The number of ether oxygens (including phenoxy) is 2. The van der Waals surface area contributed by atoms with Gasteiger partial charge < -0.3 is 20.3 Å². The Morgan fingerprint density at radius 2 is 2.11 bits per heavy atom. The molecule has 5 heteroatoms. The molecule has 0 aromatic heterocycles. The number of benzene rings is 1. The molecule has 18 heavy (non-hydrogen) atoms. The van der Waals surface area contributed by atoms with Gasteiger partial charge in [0.05, 0.1) is 14.2 Å². The summed E-state index contributed by atoms with van der Waals surface area (Å²) in [4.78, 5) is 11.6. The number of aromatic hydroxyl groups is 1. The summed E-state index contributed by atoms with van der Waals surface area (Å²) in [6.07, 6.45) is 1.93. The van der Waals surface area contributed by atoms with E-state index < -0.39 is 5.97 Å². The van der Waals surface area contributed by atoms with Gasteiger partial charge in [-0.05, 0) is 18.9 Å². The molecule has 0 heterocycles. The first-order chi connectivity index (χ1) is 8.57. The minimum atomic E-state index is -0.566. The SMILES string of the molecule is COC(=O)c1cc(C2(CN)CC2)c(OC)cc1O. The molecule has 1 aromatic rings. The summed E-state index contributed by atoms with van der Waals surface area (Å²) in [7, 11) is 2.81. The summed E-state index contributed by atoms with van der Waals surface area (Å²) in [6, 6.07) is 3.07. The molecular formula is C13H17NO4. The Kier molecular flexibility index (Phi) is 3.17. The van der Waals surface area contributed by atoms with Gasteiger partial charge in [0.15, 0.2) is 0 Å². The molecule has 1 aromatic carbocycles. The van der Waals surface area contributed by atoms with E-state index in [1.165, 1.54) is 20.3 Å². The predicted molar refractivity (Wildman–Crippen MR) is 66.0 cm³/mol. The maximum Gasteiger partial charge on any atom is 0.341 e. The average molecular weight is 251 g/mol. The first-order valence-electron chi connectivity index (χ1n) is 5.78. The Morgan fingerprint density at radius 3 is 2.56 bits per heavy atom. The Labute approximate surface area is 106 Å². The number of methoxy groups -OCH3 is 2. The van der Waals surface area contributed by atoms with E-state index in [9.17, 15) is 9.90 Å². The molecule has 0 saturated heterocycles. The van der Waals surface area contributed by atoms with E-state index in [1.807, 2.05) is 0 Å². The van der Waals surface area contributed by atoms with Crippen molar-refractivity contribution in [3.63, 3.8) is 0 Å². The van der Waals surface area contributed by atoms with Crippen molar-refractivity contribution in [2.75, 3.05) is 20.8 Å². The zero-order chi connectivity index (χ0) is 13.3. The van der Waals surface area contributed by atoms with Gasteiger partial charge in [-0.3, -0.25) is 0 Å². The van der Waals surface area contributed by atoms with E-state index in [4.69, 9.17) is 10.5 Å². The molecule has 0 atom stereocenters. The minimum Gasteiger partial charge on any atom is -0.507 e. The predicted octanol–water partition coefficient (Wildman–Crippen LogP) is 1.18. The molecule has 0 radical (unpaired) electrons. The monoisotopic (exact) mass is 251 g/mol. The Morgan fingerprint density at radius 1 is 1.44 bits per heavy atom. The van der Waals surface area contributed by atoms with Crippen molar-refractivity contribution in [1.29, 1.82) is 0 Å². The minimum absolute atomic E-state index is 0.123. The van der Waals surface area contributed by atoms with E-state index in [0.717, 1.165) is 18.4 Å². The van der Waals surface area contributed by atoms with E-state index in [0.29, 0.717) is 12.3 Å². The third kappa shape index (κ3) is 1.90. The highest BCUT2D eigenvalue weighted by Gasteiger charge is 2.45. The standard InChI is InChI=1S/C13H17NO4/c1-17-11-6-10(15)8(12(16)18-2)5-9(11)13(7-14)3-4-13/h5-6,15H,3-4,7,14H2,1-2H3. The Hall–Kier alpha value is -1.75. The van der Waals surface area contributed by atoms with Crippen LogP contribution in [-0.4, -0.2) is 31.8 Å². The van der Waals surface area contributed by atoms with Crippen LogP contribution in [0.4, 0.5) is 0 Å². The number of esters is 1. The van der Waals surface area contributed by atoms with Crippen LogP contribution < -0.4 is 10.5 Å². The van der Waals surface area contributed by atoms with Crippen LogP contribution >= 0.6 is 0 Å². The maximum atomic E-state index is 11.6. The second-order valence-electron chi connectivity index (χ2n) is 4.55. The lowest BCUT2D eigenvalue weighted by atomic mass is 9.93. The smallest absolute Gasteiger partial charge is 0.341 e. The van der Waals surface area contributed by atoms with Crippen LogP contribution in [0.2, 0.25) is 0 Å². The summed E-state index contributed by atoms with van der Waals surface area (Å²) in [6.45, 7) is 0.495. The van der Waals surface area contributed by atoms with E-state index in [1.54, 1.807) is 6.07 Å². The van der Waals surface area contributed by atoms with Gasteiger partial charge in [-0.2, -0.15) is 0 Å². The summed E-state index contributed by atoms with van der Waals surface area (Å²) in [5, 5.41) is 9.80. The van der Waals surface area contributed by atoms with Crippen LogP contribution in [0.3, 0.4) is 0 Å². The summed E-state index contributed by atoms with van der Waals surface area (Å²) in [5.41, 5.74) is 6.68. The third-order valence-electron chi connectivity index (χ3n) is 3.54. The quantitative estimate of drug-likeness (QED) is 0.785. The zero-order valence-electron chi connectivity index (χ0n) is 10.5. The number of rotatable bonds is 4. The average Bonchev–Trinajstić information content (AvgIpc) is 3.18. The van der Waals surface area contributed by atoms with Gasteiger partial charge >= 0.3 is 5.97 Å². The number of hydrogen-bond donors (Lipinski definition) is 2. The van der Waals surface area contributed by atoms with E-state index in [2.05, 4.69) is 4.74 Å². The summed E-state index contributed by atoms with van der Waals surface area (Å²) < 4.78 is 9.90. The van der Waals surface area contributed by atoms with Crippen LogP contribution in [0.25, 0.3) is 0 Å². The molecule has 1 saturated carbocycles. The van der Waals surface area contributed by atoms with Gasteiger partial charge in [0.1, 0.15) is 17.1 Å². The van der Waals surface area contributed by atoms with Gasteiger partial charge in [-0.15, -0.1) is 0 Å². The molecule has 1 fully saturated rings. The molecule has 0 aliphatic heterocycles. The maximum absolute atomic E-state index is 11.6. The van der Waals surface area contributed by atoms with Crippen LogP contribution in [-0.2, 0) is 10.2 Å². The first-order valence-corrected chi connectivity index (χ1v) is 5.78. The van der Waals surface area contributed by atoms with Gasteiger partial charge in [0.2, 0.25) is 0 Å². The van der Waals surface area contributed by atoms with Crippen molar-refractivity contribution in [3.05, 3.63) is 23.3 Å². The van der Waals surface area contributed by atoms with Crippen LogP contribution in [0, 0.1) is 0 Å². The first kappa shape index (κ1) is 12.7. The van der Waals surface area contributed by atoms with Crippen LogP contribution in [0.15, 0.2) is 12.1 Å². The highest BCUT2D eigenvalue weighted by molar-refractivity contribution is 5.93. The second-order valence-corrected chi connectivity index (χ2v) is 4.55. The Bertz CT molecular complexity index is 480. The normalized spacial score (nSPS) is 16.2. The molecule has 1 aliphatic carbocycles. The van der Waals surface area contributed by atoms with Crippen molar-refractivity contribution in [2.24, 2.45) is 5.73 Å². The fourth-order valence-electron chi connectivity index (χ4n) is 2.16. The lowest BCUT2D eigenvalue weighted by Gasteiger charge is -2.18. The largest absolute Gasteiger partial charge is 0.507 e.